The van der Waals surface area contributed by atoms with Crippen molar-refractivity contribution in [3.63, 3.8) is 0 Å². The fourth-order valence-electron chi connectivity index (χ4n) is 6.28. The smallest absolute Gasteiger partial charge is 0.114 e. The third-order valence-electron chi connectivity index (χ3n) is 7.96. The lowest BCUT2D eigenvalue weighted by Crippen LogP contribution is -1.90. The van der Waals surface area contributed by atoms with E-state index in [1.165, 1.54) is 96.2 Å². The second-order valence-electron chi connectivity index (χ2n) is 12.0. The Morgan fingerprint density at radius 3 is 1.33 bits per heavy atom. The Labute approximate surface area is 268 Å². The highest BCUT2D eigenvalue weighted by molar-refractivity contribution is 7.28. The fourth-order valence-corrected chi connectivity index (χ4v) is 12.3. The Morgan fingerprint density at radius 1 is 0.571 bits per heavy atom. The van der Waals surface area contributed by atoms with E-state index in [2.05, 4.69) is 64.4 Å². The zero-order valence-electron chi connectivity index (χ0n) is 24.1. The molecular formula is C32H28N4S6. The van der Waals surface area contributed by atoms with Gasteiger partial charge in [0.25, 0.3) is 0 Å². The maximum absolute atomic E-state index is 4.95. The minimum absolute atomic E-state index is 0.642. The van der Waals surface area contributed by atoms with E-state index in [1.807, 2.05) is 45.3 Å². The van der Waals surface area contributed by atoms with Crippen LogP contribution in [-0.2, 0) is 12.8 Å². The van der Waals surface area contributed by atoms with Gasteiger partial charge in [-0.2, -0.15) is 17.5 Å². The van der Waals surface area contributed by atoms with Gasteiger partial charge in [0.05, 0.1) is 23.5 Å². The normalized spacial score (nSPS) is 12.7. The van der Waals surface area contributed by atoms with E-state index in [0.717, 1.165) is 34.9 Å². The standard InChI is InChI=1S/C32H28N4S6/c1-13(2)7-17-9-19(37-11-17)29-15(5)21-25-28(36-41-33-25)24-23(31(21)39-29)27-26(34-42-35-27)22-16(6)30(40-32(22)24)20-10-18(12-38-20)8-14(3)4/h9-14H,7-8H2,1-6H3. The highest BCUT2D eigenvalue weighted by atomic mass is 32.1. The first-order valence-electron chi connectivity index (χ1n) is 14.1. The number of hydrogen-bond acceptors (Lipinski definition) is 10. The van der Waals surface area contributed by atoms with Crippen LogP contribution >= 0.6 is 68.8 Å². The van der Waals surface area contributed by atoms with Gasteiger partial charge in [0.15, 0.2) is 0 Å². The number of hydrogen-bond donors (Lipinski definition) is 0. The fraction of sp³-hybridized carbons (Fsp3) is 0.312. The third-order valence-corrected chi connectivity index (χ3v) is 14.0. The van der Waals surface area contributed by atoms with Crippen molar-refractivity contribution >= 4 is 122 Å². The second-order valence-corrected chi connectivity index (χ2v) is 16.9. The number of nitrogens with zero attached hydrogens (tertiary/aromatic N) is 4. The number of benzene rings is 2. The summed E-state index contributed by atoms with van der Waals surface area (Å²) in [4.78, 5) is 5.35. The van der Waals surface area contributed by atoms with Crippen LogP contribution in [0.15, 0.2) is 22.9 Å². The monoisotopic (exact) mass is 660 g/mol. The van der Waals surface area contributed by atoms with Gasteiger partial charge in [0, 0.05) is 50.5 Å². The Bertz CT molecular complexity index is 2140. The lowest BCUT2D eigenvalue weighted by atomic mass is 9.98. The molecule has 0 saturated heterocycles. The molecule has 8 rings (SSSR count). The molecule has 0 radical (unpaired) electrons. The van der Waals surface area contributed by atoms with Crippen LogP contribution < -0.4 is 0 Å². The molecule has 6 heterocycles. The van der Waals surface area contributed by atoms with Crippen LogP contribution in [0.1, 0.15) is 49.9 Å². The lowest BCUT2D eigenvalue weighted by molar-refractivity contribution is 0.648. The maximum atomic E-state index is 4.95. The molecule has 0 spiro atoms. The summed E-state index contributed by atoms with van der Waals surface area (Å²) in [7, 11) is 0. The molecule has 0 aliphatic rings. The summed E-state index contributed by atoms with van der Waals surface area (Å²) in [6.45, 7) is 13.7. The van der Waals surface area contributed by atoms with Crippen molar-refractivity contribution in [1.29, 1.82) is 0 Å². The summed E-state index contributed by atoms with van der Waals surface area (Å²) in [6.07, 6.45) is 2.21. The molecule has 0 unspecified atom stereocenters. The molecule has 0 atom stereocenters. The molecular weight excluding hydrogens is 633 g/mol. The number of fused-ring (bicyclic) bond motifs is 11. The van der Waals surface area contributed by atoms with Crippen LogP contribution in [0.4, 0.5) is 0 Å². The van der Waals surface area contributed by atoms with Gasteiger partial charge in [-0.25, -0.2) is 0 Å². The van der Waals surface area contributed by atoms with Crippen molar-refractivity contribution in [2.24, 2.45) is 11.8 Å². The van der Waals surface area contributed by atoms with E-state index in [1.54, 1.807) is 0 Å². The van der Waals surface area contributed by atoms with E-state index in [9.17, 15) is 0 Å². The van der Waals surface area contributed by atoms with E-state index in [0.29, 0.717) is 11.8 Å². The minimum atomic E-state index is 0.642. The Balaban J connectivity index is 1.46. The molecule has 0 aliphatic carbocycles. The Morgan fingerprint density at radius 2 is 0.952 bits per heavy atom. The van der Waals surface area contributed by atoms with Crippen molar-refractivity contribution in [3.05, 3.63) is 45.1 Å². The zero-order valence-corrected chi connectivity index (χ0v) is 29.0. The van der Waals surface area contributed by atoms with Gasteiger partial charge in [-0.05, 0) is 83.7 Å². The van der Waals surface area contributed by atoms with Crippen LogP contribution in [0.25, 0.3) is 72.5 Å². The first kappa shape index (κ1) is 27.2. The molecule has 10 heteroatoms. The molecule has 42 heavy (non-hydrogen) atoms. The molecule has 2 aromatic carbocycles. The average Bonchev–Trinajstić information content (AvgIpc) is 3.76. The van der Waals surface area contributed by atoms with Gasteiger partial charge < -0.3 is 0 Å². The van der Waals surface area contributed by atoms with Crippen molar-refractivity contribution in [3.8, 4) is 19.5 Å². The number of aromatic nitrogens is 4. The van der Waals surface area contributed by atoms with E-state index >= 15 is 0 Å². The predicted molar refractivity (Wildman–Crippen MR) is 190 cm³/mol. The van der Waals surface area contributed by atoms with E-state index < -0.39 is 0 Å². The summed E-state index contributed by atoms with van der Waals surface area (Å²) in [5, 5.41) is 9.50. The average molecular weight is 661 g/mol. The molecule has 8 aromatic rings. The van der Waals surface area contributed by atoms with Gasteiger partial charge in [-0.1, -0.05) is 27.7 Å². The Kier molecular flexibility index (Phi) is 6.55. The van der Waals surface area contributed by atoms with Crippen LogP contribution in [-0.4, -0.2) is 17.5 Å². The molecule has 0 aliphatic heterocycles. The molecule has 4 nitrogen and oxygen atoms in total. The molecule has 0 amide bonds. The summed E-state index contributed by atoms with van der Waals surface area (Å²) >= 11 is 10.1. The molecule has 0 N–H and O–H groups in total. The summed E-state index contributed by atoms with van der Waals surface area (Å²) in [5.41, 5.74) is 9.48. The topological polar surface area (TPSA) is 51.6 Å². The van der Waals surface area contributed by atoms with Crippen LogP contribution in [0.5, 0.6) is 0 Å². The number of rotatable bonds is 6. The predicted octanol–water partition coefficient (Wildman–Crippen LogP) is 11.7. The lowest BCUT2D eigenvalue weighted by Gasteiger charge is -2.05. The molecule has 0 saturated carbocycles. The summed E-state index contributed by atoms with van der Waals surface area (Å²) in [5.74, 6) is 1.28. The largest absolute Gasteiger partial charge is 0.172 e. The quantitative estimate of drug-likeness (QED) is 0.178. The van der Waals surface area contributed by atoms with Crippen LogP contribution in [0.3, 0.4) is 0 Å². The third kappa shape index (κ3) is 4.06. The first-order valence-corrected chi connectivity index (χ1v) is 19.0. The van der Waals surface area contributed by atoms with Gasteiger partial charge in [-0.3, -0.25) is 0 Å². The van der Waals surface area contributed by atoms with Gasteiger partial charge in [-0.15, -0.1) is 45.3 Å². The van der Waals surface area contributed by atoms with Gasteiger partial charge >= 0.3 is 0 Å². The SMILES string of the molecule is Cc1c(-c2cc(CC(C)C)cs2)sc2c1c1nsnc1c1c3sc(-c4cc(CC(C)C)cs4)c(C)c3c3nsnc3c21. The van der Waals surface area contributed by atoms with Gasteiger partial charge in [0.2, 0.25) is 0 Å². The van der Waals surface area contributed by atoms with Gasteiger partial charge in [0.1, 0.15) is 22.1 Å². The van der Waals surface area contributed by atoms with E-state index in [4.69, 9.17) is 17.5 Å². The summed E-state index contributed by atoms with van der Waals surface area (Å²) < 4.78 is 22.3. The zero-order chi connectivity index (χ0) is 28.9. The van der Waals surface area contributed by atoms with Crippen molar-refractivity contribution in [1.82, 2.24) is 17.5 Å². The molecule has 6 aromatic heterocycles. The number of thiophene rings is 4. The minimum Gasteiger partial charge on any atom is -0.172 e. The van der Waals surface area contributed by atoms with Crippen LogP contribution in [0.2, 0.25) is 0 Å². The number of aryl methyl sites for hydroxylation is 2. The van der Waals surface area contributed by atoms with Crippen LogP contribution in [0, 0.1) is 25.7 Å². The van der Waals surface area contributed by atoms with Crippen molar-refractivity contribution < 1.29 is 0 Å². The maximum Gasteiger partial charge on any atom is 0.114 e. The van der Waals surface area contributed by atoms with Crippen molar-refractivity contribution in [2.45, 2.75) is 54.4 Å². The second kappa shape index (κ2) is 10.1. The molecule has 0 fully saturated rings. The highest BCUT2D eigenvalue weighted by Crippen LogP contribution is 2.53. The molecule has 0 bridgehead atoms. The first-order chi connectivity index (χ1) is 20.3. The highest BCUT2D eigenvalue weighted by Gasteiger charge is 2.27. The van der Waals surface area contributed by atoms with Crippen molar-refractivity contribution in [2.75, 3.05) is 0 Å². The van der Waals surface area contributed by atoms with E-state index in [-0.39, 0.29) is 0 Å². The molecule has 212 valence electrons. The summed E-state index contributed by atoms with van der Waals surface area (Å²) in [6, 6.07) is 4.78. The Hall–Kier alpha value is -2.34.